The maximum Gasteiger partial charge on any atom is 0.340 e. The lowest BCUT2D eigenvalue weighted by Crippen LogP contribution is -2.25. The Balaban J connectivity index is 2.94. The van der Waals surface area contributed by atoms with Crippen molar-refractivity contribution in [2.45, 2.75) is 39.3 Å². The smallest absolute Gasteiger partial charge is 0.340 e. The monoisotopic (exact) mass is 249 g/mol. The molecule has 1 aromatic carbocycles. The van der Waals surface area contributed by atoms with Gasteiger partial charge in [0.05, 0.1) is 11.6 Å². The number of esters is 1. The molecule has 1 N–H and O–H groups in total. The average molecular weight is 249 g/mol. The van der Waals surface area contributed by atoms with E-state index < -0.39 is 11.6 Å². The predicted octanol–water partition coefficient (Wildman–Crippen LogP) is 2.64. The standard InChI is InChI=1S/C14H19NO3/c1-10(9-16)15-12-8-6-5-7-11(12)13(17)18-14(2,3)4/h5-10,15H,1-4H3/t10-/m0/s1. The number of ether oxygens (including phenoxy) is 1. The molecule has 4 nitrogen and oxygen atoms in total. The molecule has 0 aliphatic heterocycles. The molecule has 0 amide bonds. The molecule has 1 rings (SSSR count). The summed E-state index contributed by atoms with van der Waals surface area (Å²) < 4.78 is 5.31. The van der Waals surface area contributed by atoms with Gasteiger partial charge in [0.25, 0.3) is 0 Å². The van der Waals surface area contributed by atoms with E-state index in [1.807, 2.05) is 20.8 Å². The summed E-state index contributed by atoms with van der Waals surface area (Å²) in [5.41, 5.74) is 0.493. The fraction of sp³-hybridized carbons (Fsp3) is 0.429. The molecule has 1 atom stereocenters. The molecular formula is C14H19NO3. The van der Waals surface area contributed by atoms with Gasteiger partial charge < -0.3 is 14.8 Å². The predicted molar refractivity (Wildman–Crippen MR) is 70.8 cm³/mol. The van der Waals surface area contributed by atoms with E-state index in [4.69, 9.17) is 4.74 Å². The number of para-hydroxylation sites is 1. The lowest BCUT2D eigenvalue weighted by atomic mass is 10.1. The van der Waals surface area contributed by atoms with E-state index in [2.05, 4.69) is 5.32 Å². The highest BCUT2D eigenvalue weighted by Crippen LogP contribution is 2.19. The first kappa shape index (κ1) is 14.2. The fourth-order valence-corrected chi connectivity index (χ4v) is 1.40. The molecular weight excluding hydrogens is 230 g/mol. The van der Waals surface area contributed by atoms with Crippen molar-refractivity contribution in [1.29, 1.82) is 0 Å². The molecule has 0 aliphatic rings. The second kappa shape index (κ2) is 5.67. The molecule has 0 heterocycles. The van der Waals surface area contributed by atoms with Crippen molar-refractivity contribution in [3.05, 3.63) is 29.8 Å². The van der Waals surface area contributed by atoms with Crippen molar-refractivity contribution in [1.82, 2.24) is 0 Å². The molecule has 4 heteroatoms. The Hall–Kier alpha value is -1.84. The zero-order chi connectivity index (χ0) is 13.8. The number of carbonyl (C=O) groups excluding carboxylic acids is 2. The van der Waals surface area contributed by atoms with Crippen LogP contribution in [-0.4, -0.2) is 23.9 Å². The number of benzene rings is 1. The Morgan fingerprint density at radius 1 is 1.33 bits per heavy atom. The molecule has 0 saturated carbocycles. The third-order valence-corrected chi connectivity index (χ3v) is 2.13. The summed E-state index contributed by atoms with van der Waals surface area (Å²) in [4.78, 5) is 22.6. The largest absolute Gasteiger partial charge is 0.456 e. The first-order valence-electron chi connectivity index (χ1n) is 5.87. The second-order valence-corrected chi connectivity index (χ2v) is 5.12. The summed E-state index contributed by atoms with van der Waals surface area (Å²) in [7, 11) is 0. The Kier molecular flexibility index (Phi) is 4.48. The van der Waals surface area contributed by atoms with Gasteiger partial charge in [-0.1, -0.05) is 12.1 Å². The highest BCUT2D eigenvalue weighted by molar-refractivity contribution is 5.96. The van der Waals surface area contributed by atoms with Crippen molar-refractivity contribution >= 4 is 17.9 Å². The maximum atomic E-state index is 12.0. The van der Waals surface area contributed by atoms with Crippen molar-refractivity contribution < 1.29 is 14.3 Å². The lowest BCUT2D eigenvalue weighted by Gasteiger charge is -2.21. The highest BCUT2D eigenvalue weighted by Gasteiger charge is 2.20. The van der Waals surface area contributed by atoms with Crippen LogP contribution in [0, 0.1) is 0 Å². The molecule has 0 spiro atoms. The van der Waals surface area contributed by atoms with Crippen LogP contribution in [-0.2, 0) is 9.53 Å². The summed E-state index contributed by atoms with van der Waals surface area (Å²) in [6.07, 6.45) is 0.784. The molecule has 0 fully saturated rings. The minimum atomic E-state index is -0.541. The van der Waals surface area contributed by atoms with Crippen LogP contribution in [0.15, 0.2) is 24.3 Å². The summed E-state index contributed by atoms with van der Waals surface area (Å²) in [5, 5.41) is 2.96. The van der Waals surface area contributed by atoms with E-state index in [0.717, 1.165) is 6.29 Å². The number of anilines is 1. The molecule has 1 aromatic rings. The van der Waals surface area contributed by atoms with E-state index in [1.54, 1.807) is 31.2 Å². The summed E-state index contributed by atoms with van der Waals surface area (Å²) in [6, 6.07) is 6.63. The Morgan fingerprint density at radius 3 is 2.50 bits per heavy atom. The van der Waals surface area contributed by atoms with E-state index in [-0.39, 0.29) is 6.04 Å². The Labute approximate surface area is 107 Å². The minimum absolute atomic E-state index is 0.353. The van der Waals surface area contributed by atoms with Crippen LogP contribution < -0.4 is 5.32 Å². The Morgan fingerprint density at radius 2 is 1.94 bits per heavy atom. The summed E-state index contributed by atoms with van der Waals surface area (Å²) >= 11 is 0. The van der Waals surface area contributed by atoms with E-state index in [0.29, 0.717) is 11.3 Å². The molecule has 0 bridgehead atoms. The van der Waals surface area contributed by atoms with Crippen LogP contribution in [0.5, 0.6) is 0 Å². The molecule has 0 saturated heterocycles. The van der Waals surface area contributed by atoms with Crippen LogP contribution in [0.1, 0.15) is 38.1 Å². The second-order valence-electron chi connectivity index (χ2n) is 5.12. The van der Waals surface area contributed by atoms with E-state index in [9.17, 15) is 9.59 Å². The molecule has 0 aromatic heterocycles. The van der Waals surface area contributed by atoms with Gasteiger partial charge >= 0.3 is 5.97 Å². The van der Waals surface area contributed by atoms with E-state index >= 15 is 0 Å². The highest BCUT2D eigenvalue weighted by atomic mass is 16.6. The fourth-order valence-electron chi connectivity index (χ4n) is 1.40. The van der Waals surface area contributed by atoms with Crippen molar-refractivity contribution in [3.63, 3.8) is 0 Å². The van der Waals surface area contributed by atoms with Crippen LogP contribution in [0.2, 0.25) is 0 Å². The van der Waals surface area contributed by atoms with Gasteiger partial charge in [0.2, 0.25) is 0 Å². The number of nitrogens with one attached hydrogen (secondary N) is 1. The number of hydrogen-bond acceptors (Lipinski definition) is 4. The Bertz CT molecular complexity index is 435. The topological polar surface area (TPSA) is 55.4 Å². The van der Waals surface area contributed by atoms with Gasteiger partial charge in [-0.2, -0.15) is 0 Å². The van der Waals surface area contributed by atoms with Gasteiger partial charge in [0.1, 0.15) is 11.9 Å². The van der Waals surface area contributed by atoms with Crippen molar-refractivity contribution in [2.24, 2.45) is 0 Å². The van der Waals surface area contributed by atoms with Gasteiger partial charge in [-0.15, -0.1) is 0 Å². The lowest BCUT2D eigenvalue weighted by molar-refractivity contribution is -0.108. The minimum Gasteiger partial charge on any atom is -0.456 e. The number of aldehydes is 1. The third kappa shape index (κ3) is 4.20. The first-order chi connectivity index (χ1) is 8.33. The molecule has 0 radical (unpaired) electrons. The van der Waals surface area contributed by atoms with Gasteiger partial charge in [-0.05, 0) is 39.8 Å². The number of hydrogen-bond donors (Lipinski definition) is 1. The quantitative estimate of drug-likeness (QED) is 0.658. The number of carbonyl (C=O) groups is 2. The van der Waals surface area contributed by atoms with Crippen LogP contribution in [0.3, 0.4) is 0 Å². The molecule has 0 unspecified atom stereocenters. The number of rotatable bonds is 4. The van der Waals surface area contributed by atoms with Crippen molar-refractivity contribution in [2.75, 3.05) is 5.32 Å². The van der Waals surface area contributed by atoms with Gasteiger partial charge in [0.15, 0.2) is 0 Å². The zero-order valence-corrected chi connectivity index (χ0v) is 11.2. The molecule has 0 aliphatic carbocycles. The summed E-state index contributed by atoms with van der Waals surface area (Å²) in [5.74, 6) is -0.399. The SMILES string of the molecule is C[C@@H](C=O)Nc1ccccc1C(=O)OC(C)(C)C. The van der Waals surface area contributed by atoms with Gasteiger partial charge in [0, 0.05) is 5.69 Å². The first-order valence-corrected chi connectivity index (χ1v) is 5.87. The zero-order valence-electron chi connectivity index (χ0n) is 11.2. The molecule has 98 valence electrons. The maximum absolute atomic E-state index is 12.0. The molecule has 18 heavy (non-hydrogen) atoms. The van der Waals surface area contributed by atoms with Crippen LogP contribution in [0.25, 0.3) is 0 Å². The van der Waals surface area contributed by atoms with Crippen molar-refractivity contribution in [3.8, 4) is 0 Å². The summed E-state index contributed by atoms with van der Waals surface area (Å²) in [6.45, 7) is 7.16. The normalized spacial score (nSPS) is 12.7. The van der Waals surface area contributed by atoms with Gasteiger partial charge in [-0.25, -0.2) is 4.79 Å². The average Bonchev–Trinajstić information content (AvgIpc) is 2.27. The van der Waals surface area contributed by atoms with Crippen LogP contribution in [0.4, 0.5) is 5.69 Å². The van der Waals surface area contributed by atoms with Crippen LogP contribution >= 0.6 is 0 Å². The third-order valence-electron chi connectivity index (χ3n) is 2.13. The van der Waals surface area contributed by atoms with Gasteiger partial charge in [-0.3, -0.25) is 0 Å². The van der Waals surface area contributed by atoms with E-state index in [1.165, 1.54) is 0 Å².